The van der Waals surface area contributed by atoms with Crippen LogP contribution in [0.1, 0.15) is 20.7 Å². The molecule has 3 amide bonds. The number of imide groups is 1. The molecule has 0 aliphatic carbocycles. The zero-order chi connectivity index (χ0) is 16.7. The molecule has 0 N–H and O–H groups in total. The maximum absolute atomic E-state index is 12.4. The van der Waals surface area contributed by atoms with Crippen molar-refractivity contribution < 1.29 is 19.1 Å². The third kappa shape index (κ3) is 2.23. The van der Waals surface area contributed by atoms with Crippen molar-refractivity contribution in [1.82, 2.24) is 4.90 Å². The highest BCUT2D eigenvalue weighted by Gasteiger charge is 2.40. The van der Waals surface area contributed by atoms with Gasteiger partial charge in [-0.05, 0) is 24.3 Å². The van der Waals surface area contributed by atoms with E-state index in [2.05, 4.69) is 0 Å². The molecule has 0 aromatic heterocycles. The first kappa shape index (κ1) is 14.4. The summed E-state index contributed by atoms with van der Waals surface area (Å²) in [5.41, 5.74) is 1.52. The second-order valence-corrected chi connectivity index (χ2v) is 5.72. The molecule has 0 saturated carbocycles. The zero-order valence-corrected chi connectivity index (χ0v) is 12.7. The Morgan fingerprint density at radius 1 is 0.875 bits per heavy atom. The molecule has 0 bridgehead atoms. The summed E-state index contributed by atoms with van der Waals surface area (Å²) in [4.78, 5) is 39.5. The molecule has 2 aliphatic rings. The molecular formula is C18H14N2O4. The quantitative estimate of drug-likeness (QED) is 0.813. The lowest BCUT2D eigenvalue weighted by Crippen LogP contribution is -2.38. The molecular weight excluding hydrogens is 308 g/mol. The minimum Gasteiger partial charge on any atom is -0.442 e. The zero-order valence-electron chi connectivity index (χ0n) is 12.7. The predicted octanol–water partition coefficient (Wildman–Crippen LogP) is 2.31. The van der Waals surface area contributed by atoms with Gasteiger partial charge < -0.3 is 4.74 Å². The summed E-state index contributed by atoms with van der Waals surface area (Å²) in [6, 6.07) is 15.9. The SMILES string of the molecule is O=C1c2ccccc2C(=O)N1C[C@@H]1CN(c2ccccc2)C(=O)O1. The van der Waals surface area contributed by atoms with E-state index < -0.39 is 12.2 Å². The van der Waals surface area contributed by atoms with Gasteiger partial charge in [0.25, 0.3) is 11.8 Å². The molecule has 120 valence electrons. The summed E-state index contributed by atoms with van der Waals surface area (Å²) in [6.45, 7) is 0.359. The van der Waals surface area contributed by atoms with Gasteiger partial charge >= 0.3 is 6.09 Å². The molecule has 1 saturated heterocycles. The number of para-hydroxylation sites is 1. The first-order valence-corrected chi connectivity index (χ1v) is 7.63. The summed E-state index contributed by atoms with van der Waals surface area (Å²) in [7, 11) is 0. The molecule has 1 atom stereocenters. The van der Waals surface area contributed by atoms with Gasteiger partial charge in [-0.15, -0.1) is 0 Å². The predicted molar refractivity (Wildman–Crippen MR) is 85.9 cm³/mol. The van der Waals surface area contributed by atoms with E-state index in [1.54, 1.807) is 24.3 Å². The lowest BCUT2D eigenvalue weighted by Gasteiger charge is -2.17. The van der Waals surface area contributed by atoms with Crippen LogP contribution in [0, 0.1) is 0 Å². The van der Waals surface area contributed by atoms with Crippen molar-refractivity contribution in [2.75, 3.05) is 18.0 Å². The molecule has 24 heavy (non-hydrogen) atoms. The van der Waals surface area contributed by atoms with Crippen LogP contribution in [0.2, 0.25) is 0 Å². The molecule has 2 aromatic carbocycles. The van der Waals surface area contributed by atoms with Gasteiger partial charge in [0.1, 0.15) is 6.10 Å². The number of amides is 3. The Labute approximate surface area is 138 Å². The van der Waals surface area contributed by atoms with E-state index >= 15 is 0 Å². The fourth-order valence-electron chi connectivity index (χ4n) is 3.04. The molecule has 2 aromatic rings. The molecule has 6 nitrogen and oxygen atoms in total. The van der Waals surface area contributed by atoms with E-state index in [0.29, 0.717) is 17.7 Å². The van der Waals surface area contributed by atoms with Crippen LogP contribution in [0.5, 0.6) is 0 Å². The number of cyclic esters (lactones) is 1. The summed E-state index contributed by atoms with van der Waals surface area (Å²) < 4.78 is 5.33. The normalized spacial score (nSPS) is 19.7. The lowest BCUT2D eigenvalue weighted by molar-refractivity contribution is 0.0558. The van der Waals surface area contributed by atoms with Gasteiger partial charge in [-0.3, -0.25) is 19.4 Å². The van der Waals surface area contributed by atoms with E-state index in [0.717, 1.165) is 10.6 Å². The van der Waals surface area contributed by atoms with Gasteiger partial charge in [-0.2, -0.15) is 0 Å². The maximum atomic E-state index is 12.4. The van der Waals surface area contributed by atoms with Crippen molar-refractivity contribution in [2.24, 2.45) is 0 Å². The Morgan fingerprint density at radius 3 is 2.08 bits per heavy atom. The molecule has 6 heteroatoms. The number of hydrogen-bond donors (Lipinski definition) is 0. The number of ether oxygens (including phenoxy) is 1. The molecule has 0 spiro atoms. The van der Waals surface area contributed by atoms with Crippen LogP contribution in [0.3, 0.4) is 0 Å². The maximum Gasteiger partial charge on any atom is 0.414 e. The van der Waals surface area contributed by atoms with Crippen molar-refractivity contribution in [1.29, 1.82) is 0 Å². The summed E-state index contributed by atoms with van der Waals surface area (Å²) in [5.74, 6) is -0.686. The van der Waals surface area contributed by atoms with Crippen LogP contribution < -0.4 is 4.90 Å². The molecule has 4 rings (SSSR count). The van der Waals surface area contributed by atoms with Crippen LogP contribution >= 0.6 is 0 Å². The molecule has 0 radical (unpaired) electrons. The summed E-state index contributed by atoms with van der Waals surface area (Å²) in [6.07, 6.45) is -1.01. The topological polar surface area (TPSA) is 66.9 Å². The van der Waals surface area contributed by atoms with Gasteiger partial charge in [0, 0.05) is 5.69 Å². The molecule has 2 heterocycles. The van der Waals surface area contributed by atoms with E-state index in [-0.39, 0.29) is 18.4 Å². The fraction of sp³-hybridized carbons (Fsp3) is 0.167. The van der Waals surface area contributed by atoms with E-state index in [1.165, 1.54) is 4.90 Å². The third-order valence-corrected chi connectivity index (χ3v) is 4.21. The first-order chi connectivity index (χ1) is 11.6. The average molecular weight is 322 g/mol. The number of carbonyl (C=O) groups excluding carboxylic acids is 3. The van der Waals surface area contributed by atoms with Crippen molar-refractivity contribution in [3.63, 3.8) is 0 Å². The second-order valence-electron chi connectivity index (χ2n) is 5.72. The van der Waals surface area contributed by atoms with Gasteiger partial charge in [0.05, 0.1) is 24.2 Å². The van der Waals surface area contributed by atoms with E-state index in [4.69, 9.17) is 4.74 Å². The van der Waals surface area contributed by atoms with Crippen molar-refractivity contribution in [3.05, 3.63) is 65.7 Å². The Morgan fingerprint density at radius 2 is 1.46 bits per heavy atom. The number of anilines is 1. The van der Waals surface area contributed by atoms with Crippen LogP contribution in [0.15, 0.2) is 54.6 Å². The van der Waals surface area contributed by atoms with Crippen LogP contribution in [-0.2, 0) is 4.74 Å². The van der Waals surface area contributed by atoms with Crippen molar-refractivity contribution in [2.45, 2.75) is 6.10 Å². The van der Waals surface area contributed by atoms with E-state index in [1.807, 2.05) is 30.3 Å². The fourth-order valence-corrected chi connectivity index (χ4v) is 3.04. The standard InChI is InChI=1S/C18H14N2O4/c21-16-14-8-4-5-9-15(14)17(22)20(16)11-13-10-19(18(23)24-13)12-6-2-1-3-7-12/h1-9,13H,10-11H2/t13-/m0/s1. The summed E-state index contributed by atoms with van der Waals surface area (Å²) >= 11 is 0. The number of fused-ring (bicyclic) bond motifs is 1. The minimum atomic E-state index is -0.542. The van der Waals surface area contributed by atoms with Gasteiger partial charge in [0.15, 0.2) is 0 Å². The van der Waals surface area contributed by atoms with Crippen molar-refractivity contribution in [3.8, 4) is 0 Å². The number of carbonyl (C=O) groups is 3. The van der Waals surface area contributed by atoms with Crippen molar-refractivity contribution >= 4 is 23.6 Å². The Hall–Kier alpha value is -3.15. The molecule has 2 aliphatic heterocycles. The largest absolute Gasteiger partial charge is 0.442 e. The van der Waals surface area contributed by atoms with Gasteiger partial charge in [-0.1, -0.05) is 30.3 Å². The smallest absolute Gasteiger partial charge is 0.414 e. The second kappa shape index (κ2) is 5.49. The lowest BCUT2D eigenvalue weighted by atomic mass is 10.1. The first-order valence-electron chi connectivity index (χ1n) is 7.63. The highest BCUT2D eigenvalue weighted by Crippen LogP contribution is 2.26. The Bertz CT molecular complexity index is 799. The van der Waals surface area contributed by atoms with Crippen LogP contribution in [0.4, 0.5) is 10.5 Å². The van der Waals surface area contributed by atoms with Crippen LogP contribution in [0.25, 0.3) is 0 Å². The Balaban J connectivity index is 1.51. The number of hydrogen-bond acceptors (Lipinski definition) is 4. The summed E-state index contributed by atoms with van der Waals surface area (Å²) in [5, 5.41) is 0. The molecule has 1 fully saturated rings. The van der Waals surface area contributed by atoms with Gasteiger partial charge in [0.2, 0.25) is 0 Å². The molecule has 0 unspecified atom stereocenters. The van der Waals surface area contributed by atoms with Gasteiger partial charge in [-0.25, -0.2) is 4.79 Å². The number of rotatable bonds is 3. The number of nitrogens with zero attached hydrogens (tertiary/aromatic N) is 2. The highest BCUT2D eigenvalue weighted by atomic mass is 16.6. The highest BCUT2D eigenvalue weighted by molar-refractivity contribution is 6.21. The minimum absolute atomic E-state index is 0.0570. The average Bonchev–Trinajstić information content (AvgIpc) is 3.09. The van der Waals surface area contributed by atoms with E-state index in [9.17, 15) is 14.4 Å². The van der Waals surface area contributed by atoms with Crippen LogP contribution in [-0.4, -0.2) is 42.0 Å². The number of benzene rings is 2. The monoisotopic (exact) mass is 322 g/mol. The Kier molecular flexibility index (Phi) is 3.30. The third-order valence-electron chi connectivity index (χ3n) is 4.21.